The van der Waals surface area contributed by atoms with Crippen LogP contribution in [0.4, 0.5) is 0 Å². The lowest BCUT2D eigenvalue weighted by Crippen LogP contribution is -2.43. The van der Waals surface area contributed by atoms with E-state index in [9.17, 15) is 4.79 Å². The monoisotopic (exact) mass is 403 g/mol. The predicted octanol–water partition coefficient (Wildman–Crippen LogP) is 3.34. The average molecular weight is 404 g/mol. The number of carbonyl (C=O) groups excluding carboxylic acids is 1. The van der Waals surface area contributed by atoms with Crippen LogP contribution in [0.2, 0.25) is 0 Å². The maximum absolute atomic E-state index is 13.1. The lowest BCUT2D eigenvalue weighted by Gasteiger charge is -2.37. The SMILES string of the molecule is COCCN1CC[C@]2(c3ccccc3)CCN(Cc3ccc(C#N)cc3)[C@@H]2CC1=O. The van der Waals surface area contributed by atoms with Gasteiger partial charge in [0, 0.05) is 44.6 Å². The third-order valence-electron chi connectivity index (χ3n) is 6.86. The number of methoxy groups -OCH3 is 1. The Morgan fingerprint density at radius 1 is 1.10 bits per heavy atom. The van der Waals surface area contributed by atoms with Crippen LogP contribution in [0.5, 0.6) is 0 Å². The molecule has 0 radical (unpaired) electrons. The average Bonchev–Trinajstić information content (AvgIpc) is 3.05. The smallest absolute Gasteiger partial charge is 0.224 e. The van der Waals surface area contributed by atoms with E-state index in [0.29, 0.717) is 25.1 Å². The van der Waals surface area contributed by atoms with Crippen molar-refractivity contribution in [2.24, 2.45) is 0 Å². The molecule has 30 heavy (non-hydrogen) atoms. The largest absolute Gasteiger partial charge is 0.383 e. The van der Waals surface area contributed by atoms with Crippen LogP contribution in [-0.2, 0) is 21.5 Å². The molecule has 2 heterocycles. The summed E-state index contributed by atoms with van der Waals surface area (Å²) in [6, 6.07) is 20.9. The fourth-order valence-corrected chi connectivity index (χ4v) is 5.18. The molecule has 5 nitrogen and oxygen atoms in total. The highest BCUT2D eigenvalue weighted by Gasteiger charge is 2.50. The van der Waals surface area contributed by atoms with Crippen LogP contribution >= 0.6 is 0 Å². The number of amides is 1. The number of fused-ring (bicyclic) bond motifs is 1. The zero-order valence-electron chi connectivity index (χ0n) is 17.6. The molecule has 0 spiro atoms. The highest BCUT2D eigenvalue weighted by molar-refractivity contribution is 5.77. The lowest BCUT2D eigenvalue weighted by atomic mass is 9.71. The number of rotatable bonds is 6. The number of hydrogen-bond donors (Lipinski definition) is 0. The quantitative estimate of drug-likeness (QED) is 0.742. The first-order chi connectivity index (χ1) is 14.7. The van der Waals surface area contributed by atoms with Gasteiger partial charge in [-0.15, -0.1) is 0 Å². The summed E-state index contributed by atoms with van der Waals surface area (Å²) in [4.78, 5) is 17.6. The van der Waals surface area contributed by atoms with Crippen LogP contribution in [0.25, 0.3) is 0 Å². The number of nitriles is 1. The molecule has 1 amide bonds. The first kappa shape index (κ1) is 20.6. The van der Waals surface area contributed by atoms with Crippen molar-refractivity contribution < 1.29 is 9.53 Å². The normalized spacial score (nSPS) is 24.3. The van der Waals surface area contributed by atoms with Crippen molar-refractivity contribution in [3.63, 3.8) is 0 Å². The molecule has 0 saturated carbocycles. The second-order valence-corrected chi connectivity index (χ2v) is 8.39. The zero-order chi connectivity index (χ0) is 21.0. The van der Waals surface area contributed by atoms with Crippen molar-refractivity contribution >= 4 is 5.91 Å². The summed E-state index contributed by atoms with van der Waals surface area (Å²) >= 11 is 0. The van der Waals surface area contributed by atoms with E-state index in [2.05, 4.69) is 41.3 Å². The Morgan fingerprint density at radius 2 is 1.83 bits per heavy atom. The summed E-state index contributed by atoms with van der Waals surface area (Å²) < 4.78 is 5.23. The topological polar surface area (TPSA) is 56.6 Å². The Bertz CT molecular complexity index is 906. The van der Waals surface area contributed by atoms with Gasteiger partial charge in [0.05, 0.1) is 18.2 Å². The number of nitrogens with zero attached hydrogens (tertiary/aromatic N) is 3. The molecule has 2 aliphatic rings. The van der Waals surface area contributed by atoms with Gasteiger partial charge in [-0.05, 0) is 42.6 Å². The van der Waals surface area contributed by atoms with Crippen LogP contribution in [0.1, 0.15) is 36.0 Å². The van der Waals surface area contributed by atoms with E-state index in [-0.39, 0.29) is 17.4 Å². The Labute approximate surface area is 178 Å². The second kappa shape index (κ2) is 8.99. The number of benzene rings is 2. The third-order valence-corrected chi connectivity index (χ3v) is 6.86. The molecular formula is C25H29N3O2. The van der Waals surface area contributed by atoms with Crippen molar-refractivity contribution in [2.75, 3.05) is 33.4 Å². The van der Waals surface area contributed by atoms with Crippen molar-refractivity contribution in [3.05, 3.63) is 71.3 Å². The Balaban J connectivity index is 1.63. The van der Waals surface area contributed by atoms with Crippen molar-refractivity contribution in [1.29, 1.82) is 5.26 Å². The summed E-state index contributed by atoms with van der Waals surface area (Å²) in [5.74, 6) is 0.224. The second-order valence-electron chi connectivity index (χ2n) is 8.39. The molecule has 2 atom stereocenters. The van der Waals surface area contributed by atoms with Crippen molar-refractivity contribution in [3.8, 4) is 6.07 Å². The van der Waals surface area contributed by atoms with Gasteiger partial charge in [-0.2, -0.15) is 5.26 Å². The minimum Gasteiger partial charge on any atom is -0.383 e. The summed E-state index contributed by atoms with van der Waals surface area (Å²) in [7, 11) is 1.68. The highest BCUT2D eigenvalue weighted by atomic mass is 16.5. The third kappa shape index (κ3) is 3.98. The number of likely N-dealkylation sites (tertiary alicyclic amines) is 2. The van der Waals surface area contributed by atoms with Gasteiger partial charge in [-0.25, -0.2) is 0 Å². The Hall–Kier alpha value is -2.68. The summed E-state index contributed by atoms with van der Waals surface area (Å²) in [6.07, 6.45) is 2.57. The number of carbonyl (C=O) groups is 1. The van der Waals surface area contributed by atoms with Crippen LogP contribution < -0.4 is 0 Å². The molecule has 2 saturated heterocycles. The van der Waals surface area contributed by atoms with E-state index in [1.54, 1.807) is 7.11 Å². The molecule has 156 valence electrons. The van der Waals surface area contributed by atoms with E-state index in [4.69, 9.17) is 10.00 Å². The molecule has 0 N–H and O–H groups in total. The first-order valence-electron chi connectivity index (χ1n) is 10.7. The minimum atomic E-state index is -0.00859. The van der Waals surface area contributed by atoms with Gasteiger partial charge < -0.3 is 9.64 Å². The maximum Gasteiger partial charge on any atom is 0.224 e. The van der Waals surface area contributed by atoms with Crippen molar-refractivity contribution in [2.45, 2.75) is 37.3 Å². The van der Waals surface area contributed by atoms with E-state index < -0.39 is 0 Å². The molecule has 2 fully saturated rings. The first-order valence-corrected chi connectivity index (χ1v) is 10.7. The van der Waals surface area contributed by atoms with Gasteiger partial charge in [0.1, 0.15) is 0 Å². The van der Waals surface area contributed by atoms with Crippen LogP contribution in [0.15, 0.2) is 54.6 Å². The minimum absolute atomic E-state index is 0.00859. The summed E-state index contributed by atoms with van der Waals surface area (Å²) in [5, 5.41) is 9.06. The molecular weight excluding hydrogens is 374 g/mol. The standard InChI is InChI=1S/C25H29N3O2/c1-30-16-15-27-13-11-25(22-5-3-2-4-6-22)12-14-28(23(25)17-24(27)29)19-21-9-7-20(18-26)8-10-21/h2-10,23H,11-17,19H2,1H3/t23-,25-/m1/s1. The molecule has 0 aromatic heterocycles. The molecule has 2 aromatic rings. The molecule has 0 bridgehead atoms. The molecule has 0 unspecified atom stereocenters. The van der Waals surface area contributed by atoms with Crippen LogP contribution in [0.3, 0.4) is 0 Å². The van der Waals surface area contributed by atoms with Gasteiger partial charge in [-0.1, -0.05) is 42.5 Å². The van der Waals surface area contributed by atoms with Gasteiger partial charge in [-0.3, -0.25) is 9.69 Å². The van der Waals surface area contributed by atoms with E-state index in [1.165, 1.54) is 11.1 Å². The summed E-state index contributed by atoms with van der Waals surface area (Å²) in [5.41, 5.74) is 3.20. The fourth-order valence-electron chi connectivity index (χ4n) is 5.18. The van der Waals surface area contributed by atoms with E-state index in [0.717, 1.165) is 32.5 Å². The van der Waals surface area contributed by atoms with Crippen molar-refractivity contribution in [1.82, 2.24) is 9.80 Å². The van der Waals surface area contributed by atoms with E-state index >= 15 is 0 Å². The number of ether oxygens (including phenoxy) is 1. The Morgan fingerprint density at radius 3 is 2.53 bits per heavy atom. The molecule has 5 heteroatoms. The molecule has 2 aliphatic heterocycles. The maximum atomic E-state index is 13.1. The fraction of sp³-hybridized carbons (Fsp3) is 0.440. The highest BCUT2D eigenvalue weighted by Crippen LogP contribution is 2.46. The molecule has 0 aliphatic carbocycles. The zero-order valence-corrected chi connectivity index (χ0v) is 17.6. The van der Waals surface area contributed by atoms with Gasteiger partial charge in [0.15, 0.2) is 0 Å². The van der Waals surface area contributed by atoms with Gasteiger partial charge >= 0.3 is 0 Å². The molecule has 4 rings (SSSR count). The lowest BCUT2D eigenvalue weighted by molar-refractivity contribution is -0.132. The number of hydrogen-bond acceptors (Lipinski definition) is 4. The van der Waals surface area contributed by atoms with Gasteiger partial charge in [0.25, 0.3) is 0 Å². The predicted molar refractivity (Wildman–Crippen MR) is 116 cm³/mol. The summed E-state index contributed by atoms with van der Waals surface area (Å²) in [6.45, 7) is 3.78. The van der Waals surface area contributed by atoms with Gasteiger partial charge in [0.2, 0.25) is 5.91 Å². The Kier molecular flexibility index (Phi) is 6.17. The van der Waals surface area contributed by atoms with Crippen LogP contribution in [-0.4, -0.2) is 55.1 Å². The van der Waals surface area contributed by atoms with Crippen LogP contribution in [0, 0.1) is 11.3 Å². The molecule has 2 aromatic carbocycles. The van der Waals surface area contributed by atoms with E-state index in [1.807, 2.05) is 29.2 Å².